The highest BCUT2D eigenvalue weighted by molar-refractivity contribution is 5.97. The average molecular weight is 530 g/mol. The summed E-state index contributed by atoms with van der Waals surface area (Å²) < 4.78 is 9.00. The van der Waals surface area contributed by atoms with Crippen molar-refractivity contribution in [2.75, 3.05) is 32.8 Å². The van der Waals surface area contributed by atoms with E-state index >= 15 is 0 Å². The zero-order valence-electron chi connectivity index (χ0n) is 22.2. The van der Waals surface area contributed by atoms with E-state index in [0.717, 1.165) is 94.1 Å². The Labute approximate surface area is 228 Å². The molecule has 11 heteroatoms. The number of aromatic nitrogens is 7. The topological polar surface area (TPSA) is 116 Å². The SMILES string of the molecule is O=C(NCCCCCCCn1cc(-c2cccnc2)nn1)c1ccccc1-n1cc(CN2CCOCC2)nn1. The first-order chi connectivity index (χ1) is 19.3. The lowest BCUT2D eigenvalue weighted by molar-refractivity contribution is 0.0336. The van der Waals surface area contributed by atoms with Crippen molar-refractivity contribution in [3.8, 4) is 16.9 Å². The number of para-hydroxylation sites is 1. The highest BCUT2D eigenvalue weighted by atomic mass is 16.5. The van der Waals surface area contributed by atoms with Gasteiger partial charge in [0.15, 0.2) is 0 Å². The Hall–Kier alpha value is -3.96. The third-order valence-electron chi connectivity index (χ3n) is 6.77. The summed E-state index contributed by atoms with van der Waals surface area (Å²) >= 11 is 0. The highest BCUT2D eigenvalue weighted by Gasteiger charge is 2.16. The second-order valence-electron chi connectivity index (χ2n) is 9.69. The Bertz CT molecular complexity index is 1320. The summed E-state index contributed by atoms with van der Waals surface area (Å²) in [4.78, 5) is 19.4. The lowest BCUT2D eigenvalue weighted by Crippen LogP contribution is -2.35. The predicted molar refractivity (Wildman–Crippen MR) is 146 cm³/mol. The van der Waals surface area contributed by atoms with Gasteiger partial charge in [0.25, 0.3) is 5.91 Å². The standard InChI is InChI=1S/C28H35N9O2/c38-28(25-10-4-5-11-27(25)37-21-24(31-34-37)20-35-15-17-39-18-16-35)30-13-6-2-1-3-7-14-36-22-26(32-33-36)23-9-8-12-29-19-23/h4-5,8-12,19,21-22H,1-3,6-7,13-18,20H2,(H,30,38). The van der Waals surface area contributed by atoms with Gasteiger partial charge in [-0.05, 0) is 37.1 Å². The van der Waals surface area contributed by atoms with Crippen molar-refractivity contribution in [2.45, 2.75) is 45.2 Å². The number of nitrogens with zero attached hydrogens (tertiary/aromatic N) is 8. The highest BCUT2D eigenvalue weighted by Crippen LogP contribution is 2.16. The number of carbonyl (C=O) groups excluding carboxylic acids is 1. The minimum absolute atomic E-state index is 0.0913. The maximum Gasteiger partial charge on any atom is 0.253 e. The molecule has 204 valence electrons. The maximum atomic E-state index is 12.9. The Morgan fingerprint density at radius 3 is 2.64 bits per heavy atom. The molecule has 3 aromatic heterocycles. The van der Waals surface area contributed by atoms with Crippen molar-refractivity contribution in [2.24, 2.45) is 0 Å². The second kappa shape index (κ2) is 13.7. The molecule has 1 aromatic carbocycles. The number of hydrogen-bond acceptors (Lipinski definition) is 8. The van der Waals surface area contributed by atoms with Crippen LogP contribution in [0.1, 0.15) is 48.2 Å². The van der Waals surface area contributed by atoms with Gasteiger partial charge in [-0.3, -0.25) is 19.4 Å². The molecule has 0 aliphatic carbocycles. The first-order valence-electron chi connectivity index (χ1n) is 13.7. The van der Waals surface area contributed by atoms with Crippen molar-refractivity contribution < 1.29 is 9.53 Å². The van der Waals surface area contributed by atoms with Crippen molar-refractivity contribution >= 4 is 5.91 Å². The number of rotatable bonds is 13. The van der Waals surface area contributed by atoms with Gasteiger partial charge in [0.05, 0.1) is 42.6 Å². The molecule has 1 aliphatic heterocycles. The monoisotopic (exact) mass is 529 g/mol. The molecule has 11 nitrogen and oxygen atoms in total. The van der Waals surface area contributed by atoms with E-state index in [1.807, 2.05) is 53.5 Å². The minimum Gasteiger partial charge on any atom is -0.379 e. The fourth-order valence-corrected chi connectivity index (χ4v) is 4.62. The molecule has 0 unspecified atom stereocenters. The largest absolute Gasteiger partial charge is 0.379 e. The Morgan fingerprint density at radius 2 is 1.77 bits per heavy atom. The van der Waals surface area contributed by atoms with Crippen molar-refractivity contribution in [3.05, 3.63) is 72.4 Å². The third-order valence-corrected chi connectivity index (χ3v) is 6.77. The van der Waals surface area contributed by atoms with Crippen LogP contribution in [0.2, 0.25) is 0 Å². The van der Waals surface area contributed by atoms with Crippen molar-refractivity contribution in [1.82, 2.24) is 45.2 Å². The van der Waals surface area contributed by atoms with E-state index in [0.29, 0.717) is 12.1 Å². The lowest BCUT2D eigenvalue weighted by atomic mass is 10.1. The van der Waals surface area contributed by atoms with Gasteiger partial charge in [0.2, 0.25) is 0 Å². The Balaban J connectivity index is 1.01. The molecule has 1 aliphatic rings. The van der Waals surface area contributed by atoms with Crippen LogP contribution in [0.25, 0.3) is 16.9 Å². The van der Waals surface area contributed by atoms with Crippen LogP contribution in [0, 0.1) is 0 Å². The van der Waals surface area contributed by atoms with Gasteiger partial charge in [-0.2, -0.15) is 0 Å². The molecular weight excluding hydrogens is 494 g/mol. The number of unbranched alkanes of at least 4 members (excludes halogenated alkanes) is 4. The molecular formula is C28H35N9O2. The summed E-state index contributed by atoms with van der Waals surface area (Å²) in [6.07, 6.45) is 12.7. The van der Waals surface area contributed by atoms with E-state index in [1.165, 1.54) is 0 Å². The number of pyridine rings is 1. The fraction of sp³-hybridized carbons (Fsp3) is 0.429. The van der Waals surface area contributed by atoms with E-state index in [1.54, 1.807) is 17.1 Å². The van der Waals surface area contributed by atoms with Gasteiger partial charge in [0, 0.05) is 50.7 Å². The van der Waals surface area contributed by atoms with Crippen LogP contribution < -0.4 is 5.32 Å². The number of aryl methyl sites for hydroxylation is 1. The Morgan fingerprint density at radius 1 is 0.923 bits per heavy atom. The summed E-state index contributed by atoms with van der Waals surface area (Å²) in [6.45, 7) is 5.48. The lowest BCUT2D eigenvalue weighted by Gasteiger charge is -2.25. The van der Waals surface area contributed by atoms with Crippen LogP contribution in [0.3, 0.4) is 0 Å². The molecule has 1 saturated heterocycles. The molecule has 4 aromatic rings. The van der Waals surface area contributed by atoms with Gasteiger partial charge in [0.1, 0.15) is 5.69 Å². The van der Waals surface area contributed by atoms with E-state index in [2.05, 4.69) is 35.8 Å². The van der Waals surface area contributed by atoms with Gasteiger partial charge in [-0.15, -0.1) is 10.2 Å². The first-order valence-corrected chi connectivity index (χ1v) is 13.7. The molecule has 0 radical (unpaired) electrons. The number of ether oxygens (including phenoxy) is 1. The molecule has 39 heavy (non-hydrogen) atoms. The van der Waals surface area contributed by atoms with E-state index in [9.17, 15) is 4.79 Å². The van der Waals surface area contributed by atoms with Crippen LogP contribution in [-0.2, 0) is 17.8 Å². The van der Waals surface area contributed by atoms with Crippen LogP contribution in [0.5, 0.6) is 0 Å². The van der Waals surface area contributed by atoms with E-state index in [-0.39, 0.29) is 5.91 Å². The number of carbonyl (C=O) groups is 1. The zero-order valence-corrected chi connectivity index (χ0v) is 22.2. The summed E-state index contributed by atoms with van der Waals surface area (Å²) in [5.74, 6) is -0.0913. The van der Waals surface area contributed by atoms with Crippen LogP contribution in [0.4, 0.5) is 0 Å². The molecule has 1 fully saturated rings. The number of hydrogen-bond donors (Lipinski definition) is 1. The van der Waals surface area contributed by atoms with E-state index < -0.39 is 0 Å². The van der Waals surface area contributed by atoms with Crippen molar-refractivity contribution in [1.29, 1.82) is 0 Å². The molecule has 0 bridgehead atoms. The van der Waals surface area contributed by atoms with Crippen LogP contribution >= 0.6 is 0 Å². The third kappa shape index (κ3) is 7.55. The molecule has 4 heterocycles. The van der Waals surface area contributed by atoms with Gasteiger partial charge >= 0.3 is 0 Å². The number of benzene rings is 1. The summed E-state index contributed by atoms with van der Waals surface area (Å²) in [5, 5.41) is 20.1. The molecule has 0 saturated carbocycles. The summed E-state index contributed by atoms with van der Waals surface area (Å²) in [6, 6.07) is 11.4. The minimum atomic E-state index is -0.0913. The van der Waals surface area contributed by atoms with E-state index in [4.69, 9.17) is 4.74 Å². The summed E-state index contributed by atoms with van der Waals surface area (Å²) in [5.41, 5.74) is 4.03. The number of amides is 1. The Kier molecular flexibility index (Phi) is 9.37. The van der Waals surface area contributed by atoms with Crippen LogP contribution in [0.15, 0.2) is 61.2 Å². The quantitative estimate of drug-likeness (QED) is 0.263. The molecule has 1 N–H and O–H groups in total. The predicted octanol–water partition coefficient (Wildman–Crippen LogP) is 3.13. The number of nitrogens with one attached hydrogen (secondary N) is 1. The molecule has 0 atom stereocenters. The first kappa shape index (κ1) is 26.6. The number of morpholine rings is 1. The van der Waals surface area contributed by atoms with Gasteiger partial charge < -0.3 is 10.1 Å². The second-order valence-corrected chi connectivity index (χ2v) is 9.69. The van der Waals surface area contributed by atoms with Crippen LogP contribution in [-0.4, -0.2) is 78.6 Å². The maximum absolute atomic E-state index is 12.9. The normalized spacial score (nSPS) is 13.9. The van der Waals surface area contributed by atoms with Gasteiger partial charge in [-0.25, -0.2) is 4.68 Å². The smallest absolute Gasteiger partial charge is 0.253 e. The molecule has 1 amide bonds. The zero-order chi connectivity index (χ0) is 26.7. The summed E-state index contributed by atoms with van der Waals surface area (Å²) in [7, 11) is 0. The molecule has 0 spiro atoms. The average Bonchev–Trinajstić information content (AvgIpc) is 3.65. The van der Waals surface area contributed by atoms with Gasteiger partial charge in [-0.1, -0.05) is 41.8 Å². The van der Waals surface area contributed by atoms with Crippen molar-refractivity contribution in [3.63, 3.8) is 0 Å². The molecule has 5 rings (SSSR count). The fourth-order valence-electron chi connectivity index (χ4n) is 4.62.